The second kappa shape index (κ2) is 9.82. The zero-order valence-electron chi connectivity index (χ0n) is 15.8. The molecule has 2 rings (SSSR count). The van der Waals surface area contributed by atoms with Gasteiger partial charge in [-0.3, -0.25) is 9.59 Å². The van der Waals surface area contributed by atoms with E-state index in [1.54, 1.807) is 13.8 Å². The van der Waals surface area contributed by atoms with Gasteiger partial charge >= 0.3 is 0 Å². The van der Waals surface area contributed by atoms with E-state index in [9.17, 15) is 18.0 Å². The zero-order valence-corrected chi connectivity index (χ0v) is 16.6. The first kappa shape index (κ1) is 21.3. The summed E-state index contributed by atoms with van der Waals surface area (Å²) in [4.78, 5) is 24.2. The van der Waals surface area contributed by atoms with Crippen molar-refractivity contribution in [3.63, 3.8) is 0 Å². The van der Waals surface area contributed by atoms with Crippen LogP contribution < -0.4 is 16.0 Å². The lowest BCUT2D eigenvalue weighted by molar-refractivity contribution is -0.120. The number of nitrogens with one attached hydrogen (secondary N) is 3. The molecule has 27 heavy (non-hydrogen) atoms. The van der Waals surface area contributed by atoms with Crippen LogP contribution in [-0.2, 0) is 14.8 Å². The summed E-state index contributed by atoms with van der Waals surface area (Å²) in [5.74, 6) is -0.760. The molecule has 1 saturated heterocycles. The Morgan fingerprint density at radius 2 is 1.96 bits per heavy atom. The van der Waals surface area contributed by atoms with Crippen molar-refractivity contribution in [3.05, 3.63) is 29.8 Å². The second-order valence-electron chi connectivity index (χ2n) is 6.40. The number of hydrogen-bond donors (Lipinski definition) is 3. The first-order valence-corrected chi connectivity index (χ1v) is 10.7. The van der Waals surface area contributed by atoms with Gasteiger partial charge in [0.2, 0.25) is 15.9 Å². The summed E-state index contributed by atoms with van der Waals surface area (Å²) in [6.45, 7) is 5.57. The van der Waals surface area contributed by atoms with Crippen molar-refractivity contribution < 1.29 is 18.0 Å². The van der Waals surface area contributed by atoms with Crippen molar-refractivity contribution in [2.24, 2.45) is 0 Å². The second-order valence-corrected chi connectivity index (χ2v) is 8.34. The van der Waals surface area contributed by atoms with Gasteiger partial charge < -0.3 is 16.0 Å². The Labute approximate surface area is 160 Å². The van der Waals surface area contributed by atoms with Crippen LogP contribution in [-0.4, -0.2) is 63.3 Å². The van der Waals surface area contributed by atoms with Gasteiger partial charge in [0.1, 0.15) is 0 Å². The van der Waals surface area contributed by atoms with E-state index in [0.29, 0.717) is 19.6 Å². The van der Waals surface area contributed by atoms with Crippen molar-refractivity contribution in [3.8, 4) is 0 Å². The molecule has 0 aliphatic carbocycles. The van der Waals surface area contributed by atoms with Crippen LogP contribution in [0.2, 0.25) is 0 Å². The van der Waals surface area contributed by atoms with Gasteiger partial charge in [-0.25, -0.2) is 8.42 Å². The molecule has 0 saturated carbocycles. The lowest BCUT2D eigenvalue weighted by atomic mass is 10.2. The van der Waals surface area contributed by atoms with Crippen LogP contribution in [0.1, 0.15) is 37.0 Å². The van der Waals surface area contributed by atoms with E-state index in [-0.39, 0.29) is 29.0 Å². The maximum atomic E-state index is 12.6. The maximum Gasteiger partial charge on any atom is 0.251 e. The van der Waals surface area contributed by atoms with Crippen LogP contribution in [0.15, 0.2) is 29.2 Å². The van der Waals surface area contributed by atoms with Gasteiger partial charge in [-0.05, 0) is 37.6 Å². The van der Waals surface area contributed by atoms with Crippen LogP contribution in [0.25, 0.3) is 0 Å². The molecular formula is C18H28N4O4S. The molecule has 1 fully saturated rings. The highest BCUT2D eigenvalue weighted by Gasteiger charge is 2.22. The third kappa shape index (κ3) is 5.75. The number of sulfonamides is 1. The van der Waals surface area contributed by atoms with Crippen LogP contribution in [0, 0.1) is 0 Å². The first-order chi connectivity index (χ1) is 12.9. The molecule has 1 aromatic carbocycles. The molecule has 1 atom stereocenters. The molecule has 0 aromatic heterocycles. The zero-order chi connectivity index (χ0) is 19.9. The molecule has 0 spiro atoms. The van der Waals surface area contributed by atoms with E-state index in [2.05, 4.69) is 16.0 Å². The van der Waals surface area contributed by atoms with E-state index in [1.165, 1.54) is 28.6 Å². The van der Waals surface area contributed by atoms with Gasteiger partial charge in [0, 0.05) is 31.2 Å². The first-order valence-electron chi connectivity index (χ1n) is 9.27. The molecule has 8 nitrogen and oxygen atoms in total. The lowest BCUT2D eigenvalue weighted by Gasteiger charge is -2.18. The molecule has 3 N–H and O–H groups in total. The van der Waals surface area contributed by atoms with Crippen LogP contribution in [0.3, 0.4) is 0 Å². The predicted octanol–water partition coefficient (Wildman–Crippen LogP) is 0.315. The van der Waals surface area contributed by atoms with E-state index in [0.717, 1.165) is 19.4 Å². The van der Waals surface area contributed by atoms with Crippen molar-refractivity contribution in [2.75, 3.05) is 32.7 Å². The Balaban J connectivity index is 1.93. The average molecular weight is 397 g/mol. The average Bonchev–Trinajstić information content (AvgIpc) is 3.19. The van der Waals surface area contributed by atoms with E-state index >= 15 is 0 Å². The SMILES string of the molecule is CCN(CC)S(=O)(=O)c1cccc(C(=O)NCC(=O)NCC2CCCN2)c1. The highest BCUT2D eigenvalue weighted by atomic mass is 32.2. The summed E-state index contributed by atoms with van der Waals surface area (Å²) in [5.41, 5.74) is 0.202. The highest BCUT2D eigenvalue weighted by Crippen LogP contribution is 2.17. The molecule has 1 aliphatic rings. The Hall–Kier alpha value is -1.97. The molecule has 0 radical (unpaired) electrons. The Morgan fingerprint density at radius 1 is 1.22 bits per heavy atom. The van der Waals surface area contributed by atoms with Gasteiger partial charge in [0.15, 0.2) is 0 Å². The van der Waals surface area contributed by atoms with Gasteiger partial charge in [-0.15, -0.1) is 0 Å². The topological polar surface area (TPSA) is 108 Å². The molecular weight excluding hydrogens is 368 g/mol. The minimum atomic E-state index is -3.64. The number of benzene rings is 1. The minimum Gasteiger partial charge on any atom is -0.353 e. The van der Waals surface area contributed by atoms with Gasteiger partial charge in [0.05, 0.1) is 11.4 Å². The summed E-state index contributed by atoms with van der Waals surface area (Å²) in [7, 11) is -3.64. The number of amides is 2. The molecule has 1 aromatic rings. The van der Waals surface area contributed by atoms with Crippen LogP contribution in [0.5, 0.6) is 0 Å². The fourth-order valence-electron chi connectivity index (χ4n) is 3.00. The van der Waals surface area contributed by atoms with Crippen LogP contribution >= 0.6 is 0 Å². The molecule has 2 amide bonds. The van der Waals surface area contributed by atoms with Gasteiger partial charge in [-0.1, -0.05) is 19.9 Å². The van der Waals surface area contributed by atoms with E-state index < -0.39 is 15.9 Å². The standard InChI is InChI=1S/C18H28N4O4S/c1-3-22(4-2)27(25,26)16-9-5-7-14(11-16)18(24)21-13-17(23)20-12-15-8-6-10-19-15/h5,7,9,11,15,19H,3-4,6,8,10,12-13H2,1-2H3,(H,20,23)(H,21,24). The molecule has 1 heterocycles. The Kier molecular flexibility index (Phi) is 7.76. The smallest absolute Gasteiger partial charge is 0.251 e. The number of rotatable bonds is 9. The van der Waals surface area contributed by atoms with Gasteiger partial charge in [-0.2, -0.15) is 4.31 Å². The molecule has 1 unspecified atom stereocenters. The highest BCUT2D eigenvalue weighted by molar-refractivity contribution is 7.89. The summed E-state index contributed by atoms with van der Waals surface area (Å²) in [6.07, 6.45) is 2.13. The Bertz CT molecular complexity index is 756. The molecule has 0 bridgehead atoms. The maximum absolute atomic E-state index is 12.6. The molecule has 1 aliphatic heterocycles. The molecule has 150 valence electrons. The van der Waals surface area contributed by atoms with Crippen molar-refractivity contribution in [2.45, 2.75) is 37.6 Å². The monoisotopic (exact) mass is 396 g/mol. The quantitative estimate of drug-likeness (QED) is 0.557. The normalized spacial score (nSPS) is 17.1. The van der Waals surface area contributed by atoms with Crippen molar-refractivity contribution in [1.82, 2.24) is 20.3 Å². The van der Waals surface area contributed by atoms with E-state index in [4.69, 9.17) is 0 Å². The summed E-state index contributed by atoms with van der Waals surface area (Å²) in [6, 6.07) is 6.13. The fourth-order valence-corrected chi connectivity index (χ4v) is 4.51. The Morgan fingerprint density at radius 3 is 2.59 bits per heavy atom. The van der Waals surface area contributed by atoms with Crippen molar-refractivity contribution >= 4 is 21.8 Å². The fraction of sp³-hybridized carbons (Fsp3) is 0.556. The summed E-state index contributed by atoms with van der Waals surface area (Å²) in [5, 5.41) is 8.59. The number of carbonyl (C=O) groups excluding carboxylic acids is 2. The third-order valence-electron chi connectivity index (χ3n) is 4.56. The molecule has 9 heteroatoms. The number of nitrogens with zero attached hydrogens (tertiary/aromatic N) is 1. The van der Waals surface area contributed by atoms with Crippen molar-refractivity contribution in [1.29, 1.82) is 0 Å². The largest absolute Gasteiger partial charge is 0.353 e. The number of carbonyl (C=O) groups is 2. The van der Waals surface area contributed by atoms with E-state index in [1.807, 2.05) is 0 Å². The minimum absolute atomic E-state index is 0.0654. The lowest BCUT2D eigenvalue weighted by Crippen LogP contribution is -2.42. The number of hydrogen-bond acceptors (Lipinski definition) is 5. The van der Waals surface area contributed by atoms with Gasteiger partial charge in [0.25, 0.3) is 5.91 Å². The third-order valence-corrected chi connectivity index (χ3v) is 6.60. The summed E-state index contributed by atoms with van der Waals surface area (Å²) >= 11 is 0. The van der Waals surface area contributed by atoms with Crippen LogP contribution in [0.4, 0.5) is 0 Å². The predicted molar refractivity (Wildman–Crippen MR) is 103 cm³/mol. The summed E-state index contributed by atoms with van der Waals surface area (Å²) < 4.78 is 26.5.